The van der Waals surface area contributed by atoms with E-state index in [2.05, 4.69) is 56.3 Å². The van der Waals surface area contributed by atoms with Gasteiger partial charge in [0.2, 0.25) is 0 Å². The molecule has 0 saturated heterocycles. The topological polar surface area (TPSA) is 104 Å². The molecule has 126 valence electrons. The van der Waals surface area contributed by atoms with Crippen LogP contribution in [-0.4, -0.2) is 0 Å². The lowest BCUT2D eigenvalue weighted by atomic mass is 10.0. The number of rotatable bonds is 5. The molecular formula is C17H21ClO5. The van der Waals surface area contributed by atoms with Crippen molar-refractivity contribution in [3.8, 4) is 11.1 Å². The monoisotopic (exact) mass is 340 g/mol. The summed E-state index contributed by atoms with van der Waals surface area (Å²) in [5.41, 5.74) is 2.54. The van der Waals surface area contributed by atoms with E-state index >= 15 is 0 Å². The summed E-state index contributed by atoms with van der Waals surface area (Å²) in [7, 11) is -4.94. The van der Waals surface area contributed by atoms with Crippen LogP contribution in [0.4, 0.5) is 0 Å². The summed E-state index contributed by atoms with van der Waals surface area (Å²) in [6.45, 7) is 4.37. The molecule has 0 spiro atoms. The molecule has 0 saturated carbocycles. The van der Waals surface area contributed by atoms with Gasteiger partial charge in [0.25, 0.3) is 0 Å². The third-order valence-electron chi connectivity index (χ3n) is 3.00. The fourth-order valence-corrected chi connectivity index (χ4v) is 2.15. The van der Waals surface area contributed by atoms with E-state index in [1.165, 1.54) is 11.1 Å². The summed E-state index contributed by atoms with van der Waals surface area (Å²) in [4.78, 5) is 0. The Morgan fingerprint density at radius 1 is 0.783 bits per heavy atom. The third-order valence-corrected chi connectivity index (χ3v) is 3.00. The molecule has 1 aromatic heterocycles. The van der Waals surface area contributed by atoms with Gasteiger partial charge in [0, 0.05) is 12.1 Å². The number of hydrogen-bond donors (Lipinski definition) is 0. The van der Waals surface area contributed by atoms with Crippen LogP contribution in [0.1, 0.15) is 38.2 Å². The summed E-state index contributed by atoms with van der Waals surface area (Å²) in [5.74, 6) is 2.20. The van der Waals surface area contributed by atoms with Crippen molar-refractivity contribution in [1.29, 1.82) is 0 Å². The zero-order valence-electron chi connectivity index (χ0n) is 13.3. The van der Waals surface area contributed by atoms with Gasteiger partial charge >= 0.3 is 11.5 Å². The number of hydrogen-bond acceptors (Lipinski definition) is 4. The molecule has 0 atom stereocenters. The van der Waals surface area contributed by atoms with Crippen molar-refractivity contribution in [1.82, 2.24) is 0 Å². The summed E-state index contributed by atoms with van der Waals surface area (Å²) in [6.07, 6.45) is 4.26. The highest BCUT2D eigenvalue weighted by Gasteiger charge is 2.15. The van der Waals surface area contributed by atoms with Gasteiger partial charge in [-0.2, -0.15) is 0 Å². The van der Waals surface area contributed by atoms with Crippen LogP contribution in [0, 0.1) is 10.2 Å². The molecule has 2 rings (SSSR count). The molecule has 0 N–H and O–H groups in total. The first-order chi connectivity index (χ1) is 10.8. The minimum absolute atomic E-state index is 1.01. The summed E-state index contributed by atoms with van der Waals surface area (Å²) in [6, 6.07) is 14.9. The second-order valence-electron chi connectivity index (χ2n) is 5.02. The second-order valence-corrected chi connectivity index (χ2v) is 5.78. The van der Waals surface area contributed by atoms with Gasteiger partial charge in [-0.25, -0.2) is 23.1 Å². The van der Waals surface area contributed by atoms with Crippen LogP contribution in [0.5, 0.6) is 0 Å². The standard InChI is InChI=1S/C17H21O.ClHO4/c1-3-8-16-12-15(13-17(18-16)9-4-2)14-10-6-5-7-11-14;2-1(3,4)5/h5-7,10-13H,3-4,8-9H2,1-2H3;(H,2,3,4,5)/q+1;/p-1. The molecule has 0 aliphatic heterocycles. The highest BCUT2D eigenvalue weighted by Crippen LogP contribution is 2.23. The lowest BCUT2D eigenvalue weighted by molar-refractivity contribution is -2.00. The van der Waals surface area contributed by atoms with Crippen molar-refractivity contribution in [2.24, 2.45) is 0 Å². The Kier molecular flexibility index (Phi) is 8.16. The van der Waals surface area contributed by atoms with E-state index in [-0.39, 0.29) is 0 Å². The first-order valence-corrected chi connectivity index (χ1v) is 8.70. The van der Waals surface area contributed by atoms with Crippen molar-refractivity contribution < 1.29 is 33.3 Å². The van der Waals surface area contributed by atoms with Gasteiger partial charge in [-0.05, 0) is 24.0 Å². The minimum atomic E-state index is -4.94. The first-order valence-electron chi connectivity index (χ1n) is 7.46. The molecule has 0 radical (unpaired) electrons. The maximum Gasteiger partial charge on any atom is 0.330 e. The van der Waals surface area contributed by atoms with Crippen molar-refractivity contribution in [3.05, 3.63) is 54.0 Å². The lowest BCUT2D eigenvalue weighted by Gasteiger charge is -2.17. The Bertz CT molecular complexity index is 551. The van der Waals surface area contributed by atoms with E-state index in [4.69, 9.17) is 23.1 Å². The quantitative estimate of drug-likeness (QED) is 0.732. The summed E-state index contributed by atoms with van der Waals surface area (Å²) >= 11 is 0. The Morgan fingerprint density at radius 2 is 1.22 bits per heavy atom. The van der Waals surface area contributed by atoms with Crippen LogP contribution in [0.15, 0.2) is 46.9 Å². The van der Waals surface area contributed by atoms with Gasteiger partial charge in [0.05, 0.1) is 12.8 Å². The molecule has 0 unspecified atom stereocenters. The van der Waals surface area contributed by atoms with Gasteiger partial charge in [0.1, 0.15) is 0 Å². The number of benzene rings is 1. The molecule has 5 nitrogen and oxygen atoms in total. The maximum atomic E-state index is 8.49. The first kappa shape index (κ1) is 19.5. The Labute approximate surface area is 138 Å². The predicted octanol–water partition coefficient (Wildman–Crippen LogP) is 0.377. The van der Waals surface area contributed by atoms with E-state index in [9.17, 15) is 0 Å². The third kappa shape index (κ3) is 8.64. The van der Waals surface area contributed by atoms with Crippen molar-refractivity contribution in [2.45, 2.75) is 39.5 Å². The van der Waals surface area contributed by atoms with Crippen molar-refractivity contribution in [2.75, 3.05) is 0 Å². The summed E-state index contributed by atoms with van der Waals surface area (Å²) in [5, 5.41) is 0. The Balaban J connectivity index is 0.000000463. The molecule has 6 heteroatoms. The fraction of sp³-hybridized carbons (Fsp3) is 0.353. The lowest BCUT2D eigenvalue weighted by Crippen LogP contribution is -2.68. The van der Waals surface area contributed by atoms with Crippen molar-refractivity contribution >= 4 is 0 Å². The van der Waals surface area contributed by atoms with Gasteiger partial charge in [0.15, 0.2) is 0 Å². The van der Waals surface area contributed by atoms with Crippen LogP contribution in [0.2, 0.25) is 0 Å². The van der Waals surface area contributed by atoms with Gasteiger partial charge in [-0.1, -0.05) is 44.2 Å². The zero-order chi connectivity index (χ0) is 17.3. The van der Waals surface area contributed by atoms with Crippen LogP contribution in [0.3, 0.4) is 0 Å². The SMILES string of the molecule is CCCc1cc(-c2ccccc2)cc(CCC)[o+]1.[O-][Cl+3]([O-])([O-])[O-]. The molecular weight excluding hydrogens is 320 g/mol. The molecule has 1 aromatic carbocycles. The molecule has 0 bridgehead atoms. The average Bonchev–Trinajstić information content (AvgIpc) is 2.47. The van der Waals surface area contributed by atoms with Crippen LogP contribution < -0.4 is 18.6 Å². The van der Waals surface area contributed by atoms with E-state index in [1.54, 1.807) is 0 Å². The van der Waals surface area contributed by atoms with E-state index in [1.807, 2.05) is 0 Å². The van der Waals surface area contributed by atoms with E-state index in [0.717, 1.165) is 37.2 Å². The average molecular weight is 341 g/mol. The molecule has 1 heterocycles. The largest absolute Gasteiger partial charge is 0.330 e. The van der Waals surface area contributed by atoms with E-state index in [0.29, 0.717) is 0 Å². The van der Waals surface area contributed by atoms with Crippen LogP contribution in [-0.2, 0) is 12.8 Å². The van der Waals surface area contributed by atoms with Crippen molar-refractivity contribution in [3.63, 3.8) is 0 Å². The molecule has 0 aliphatic carbocycles. The fourth-order valence-electron chi connectivity index (χ4n) is 2.15. The maximum absolute atomic E-state index is 8.49. The second kappa shape index (κ2) is 9.60. The van der Waals surface area contributed by atoms with Crippen LogP contribution in [0.25, 0.3) is 11.1 Å². The van der Waals surface area contributed by atoms with Gasteiger partial charge < -0.3 is 0 Å². The highest BCUT2D eigenvalue weighted by molar-refractivity contribution is 5.63. The van der Waals surface area contributed by atoms with E-state index < -0.39 is 10.2 Å². The molecule has 2 aromatic rings. The normalized spacial score (nSPS) is 10.9. The Morgan fingerprint density at radius 3 is 1.61 bits per heavy atom. The molecule has 0 amide bonds. The molecule has 23 heavy (non-hydrogen) atoms. The number of halogens is 1. The van der Waals surface area contributed by atoms with Gasteiger partial charge in [-0.15, -0.1) is 10.2 Å². The molecule has 0 aliphatic rings. The van der Waals surface area contributed by atoms with Crippen LogP contribution >= 0.6 is 0 Å². The summed E-state index contributed by atoms with van der Waals surface area (Å²) < 4.78 is 39.9. The molecule has 0 fully saturated rings. The Hall–Kier alpha value is -1.50. The number of aryl methyl sites for hydroxylation is 2. The smallest absolute Gasteiger partial charge is 0.222 e. The van der Waals surface area contributed by atoms with Gasteiger partial charge in [-0.3, -0.25) is 0 Å². The predicted molar refractivity (Wildman–Crippen MR) is 76.5 cm³/mol. The minimum Gasteiger partial charge on any atom is -0.222 e. The zero-order valence-corrected chi connectivity index (χ0v) is 14.0. The highest BCUT2D eigenvalue weighted by atomic mass is 35.7.